The number of carbonyl (C=O) groups is 6. The first-order chi connectivity index (χ1) is 27.8. The van der Waals surface area contributed by atoms with Crippen molar-refractivity contribution in [2.24, 2.45) is 0 Å². The average molecular weight is 835 g/mol. The lowest BCUT2D eigenvalue weighted by Crippen LogP contribution is -2.55. The van der Waals surface area contributed by atoms with E-state index in [-0.39, 0.29) is 6.61 Å². The van der Waals surface area contributed by atoms with E-state index in [0.717, 1.165) is 45.3 Å². The van der Waals surface area contributed by atoms with Gasteiger partial charge in [0.25, 0.3) is 11.3 Å². The van der Waals surface area contributed by atoms with Gasteiger partial charge in [-0.2, -0.15) is 0 Å². The number of fused-ring (bicyclic) bond motifs is 1. The minimum Gasteiger partial charge on any atom is -0.462 e. The van der Waals surface area contributed by atoms with Gasteiger partial charge in [-0.25, -0.2) is 9.59 Å². The molecule has 3 aliphatic heterocycles. The summed E-state index contributed by atoms with van der Waals surface area (Å²) < 4.78 is 65.1. The Kier molecular flexibility index (Phi) is 14.1. The molecule has 322 valence electrons. The molecule has 0 bridgehead atoms. The standard InChI is InChI=1S/C38H46N2O19/c1-19(41)49-17-26(53-21(3)43)29(54-22(4)44)32(55-23(5)45)30-25(52-20(2)42)15-38(59-30,35(47)50-16-24-11-9-8-10-12-24)51-18-27-31-33(58-37(6,7)57-31)34(56-27)40-14-13-28(46)39-36(40)48/h8-14,25-27,29-34H,15-18H2,1-7H3,(H,39,46,48)/t25-,26+,27+,29+,30+,31+,32-,33+,34+,38+/m0/s1. The minimum atomic E-state index is -2.51. The number of benzene rings is 1. The minimum absolute atomic E-state index is 0.287. The number of ether oxygens (including phenoxy) is 11. The number of esters is 6. The van der Waals surface area contributed by atoms with Crippen LogP contribution in [-0.2, 0) is 87.5 Å². The van der Waals surface area contributed by atoms with Crippen LogP contribution in [0.1, 0.15) is 66.7 Å². The second-order valence-electron chi connectivity index (χ2n) is 14.3. The fourth-order valence-electron chi connectivity index (χ4n) is 6.97. The van der Waals surface area contributed by atoms with Crippen molar-refractivity contribution in [3.05, 3.63) is 69.0 Å². The van der Waals surface area contributed by atoms with Gasteiger partial charge in [-0.05, 0) is 19.4 Å². The van der Waals surface area contributed by atoms with E-state index in [0.29, 0.717) is 5.56 Å². The van der Waals surface area contributed by atoms with E-state index in [1.54, 1.807) is 44.2 Å². The largest absolute Gasteiger partial charge is 0.462 e. The summed E-state index contributed by atoms with van der Waals surface area (Å²) in [6.45, 7) is 6.89. The normalized spacial score (nSPS) is 27.0. The van der Waals surface area contributed by atoms with Crippen molar-refractivity contribution in [3.63, 3.8) is 0 Å². The fraction of sp³-hybridized carbons (Fsp3) is 0.579. The van der Waals surface area contributed by atoms with Gasteiger partial charge in [-0.3, -0.25) is 38.3 Å². The van der Waals surface area contributed by atoms with Crippen molar-refractivity contribution in [1.29, 1.82) is 0 Å². The lowest BCUT2D eigenvalue weighted by atomic mass is 9.97. The highest BCUT2D eigenvalue weighted by Crippen LogP contribution is 2.45. The molecule has 0 amide bonds. The SMILES string of the molecule is CC(=O)OC[C@@H](OC(C)=O)[C@@H](OC(C)=O)[C@H](OC(C)=O)[C@@H]1O[C@@](OC[C@H]2O[C@@H](n3ccc(=O)[nH]c3=O)[C@@H]3OC(C)(C)O[C@@H]32)(C(=O)OCc2ccccc2)C[C@@H]1OC(C)=O. The van der Waals surface area contributed by atoms with Gasteiger partial charge >= 0.3 is 41.5 Å². The summed E-state index contributed by atoms with van der Waals surface area (Å²) in [5, 5.41) is 0. The Morgan fingerprint density at radius 2 is 1.47 bits per heavy atom. The number of hydrogen-bond acceptors (Lipinski definition) is 19. The van der Waals surface area contributed by atoms with E-state index >= 15 is 0 Å². The maximum atomic E-state index is 14.4. The van der Waals surface area contributed by atoms with Crippen LogP contribution in [0.15, 0.2) is 52.2 Å². The molecule has 2 aromatic rings. The number of aromatic nitrogens is 2. The zero-order valence-electron chi connectivity index (χ0n) is 33.3. The summed E-state index contributed by atoms with van der Waals surface area (Å²) in [5.74, 6) is -9.38. The highest BCUT2D eigenvalue weighted by molar-refractivity contribution is 5.79. The summed E-state index contributed by atoms with van der Waals surface area (Å²) in [4.78, 5) is 103. The average Bonchev–Trinajstić information content (AvgIpc) is 3.78. The molecule has 0 unspecified atom stereocenters. The highest BCUT2D eigenvalue weighted by Gasteiger charge is 2.62. The van der Waals surface area contributed by atoms with Gasteiger partial charge in [-0.1, -0.05) is 30.3 Å². The monoisotopic (exact) mass is 834 g/mol. The zero-order valence-corrected chi connectivity index (χ0v) is 33.3. The molecular formula is C38H46N2O19. The van der Waals surface area contributed by atoms with Crippen molar-refractivity contribution >= 4 is 35.8 Å². The van der Waals surface area contributed by atoms with Crippen LogP contribution in [0.25, 0.3) is 0 Å². The van der Waals surface area contributed by atoms with Crippen LogP contribution < -0.4 is 11.2 Å². The molecule has 4 heterocycles. The maximum Gasteiger partial charge on any atom is 0.367 e. The van der Waals surface area contributed by atoms with Crippen molar-refractivity contribution in [3.8, 4) is 0 Å². The molecule has 21 nitrogen and oxygen atoms in total. The fourth-order valence-corrected chi connectivity index (χ4v) is 6.97. The third kappa shape index (κ3) is 11.2. The van der Waals surface area contributed by atoms with Crippen molar-refractivity contribution < 1.29 is 80.9 Å². The highest BCUT2D eigenvalue weighted by atomic mass is 16.8. The number of hydrogen-bond donors (Lipinski definition) is 1. The lowest BCUT2D eigenvalue weighted by molar-refractivity contribution is -0.270. The molecule has 1 N–H and O–H groups in total. The first kappa shape index (κ1) is 44.6. The molecule has 59 heavy (non-hydrogen) atoms. The molecule has 21 heteroatoms. The third-order valence-corrected chi connectivity index (χ3v) is 9.12. The van der Waals surface area contributed by atoms with E-state index in [9.17, 15) is 38.4 Å². The summed E-state index contributed by atoms with van der Waals surface area (Å²) in [6, 6.07) is 9.67. The summed E-state index contributed by atoms with van der Waals surface area (Å²) in [6.07, 6.45) is -12.1. The van der Waals surface area contributed by atoms with Crippen molar-refractivity contribution in [2.45, 2.75) is 128 Å². The van der Waals surface area contributed by atoms with Crippen LogP contribution in [-0.4, -0.2) is 119 Å². The Morgan fingerprint density at radius 3 is 2.08 bits per heavy atom. The van der Waals surface area contributed by atoms with E-state index in [1.807, 2.05) is 0 Å². The number of nitrogens with zero attached hydrogens (tertiary/aromatic N) is 1. The van der Waals surface area contributed by atoms with Crippen molar-refractivity contribution in [2.75, 3.05) is 13.2 Å². The molecule has 0 spiro atoms. The van der Waals surface area contributed by atoms with Crippen LogP contribution in [0.3, 0.4) is 0 Å². The number of nitrogens with one attached hydrogen (secondary N) is 1. The number of H-pyrrole nitrogens is 1. The third-order valence-electron chi connectivity index (χ3n) is 9.12. The zero-order chi connectivity index (χ0) is 43.2. The van der Waals surface area contributed by atoms with Crippen molar-refractivity contribution in [1.82, 2.24) is 9.55 Å². The van der Waals surface area contributed by atoms with Gasteiger partial charge in [0, 0.05) is 46.9 Å². The predicted octanol–water partition coefficient (Wildman–Crippen LogP) is 0.489. The van der Waals surface area contributed by atoms with E-state index < -0.39 is 133 Å². The molecule has 0 aliphatic carbocycles. The smallest absolute Gasteiger partial charge is 0.367 e. The quantitative estimate of drug-likeness (QED) is 0.178. The van der Waals surface area contributed by atoms with Gasteiger partial charge in [0.2, 0.25) is 0 Å². The Balaban J connectivity index is 1.55. The summed E-state index contributed by atoms with van der Waals surface area (Å²) in [7, 11) is 0. The molecule has 0 radical (unpaired) electrons. The second kappa shape index (κ2) is 18.6. The predicted molar refractivity (Wildman–Crippen MR) is 192 cm³/mol. The Morgan fingerprint density at radius 1 is 0.814 bits per heavy atom. The number of carbonyl (C=O) groups excluding carboxylic acids is 6. The van der Waals surface area contributed by atoms with Crippen LogP contribution in [0.5, 0.6) is 0 Å². The summed E-state index contributed by atoms with van der Waals surface area (Å²) >= 11 is 0. The first-order valence-corrected chi connectivity index (χ1v) is 18.4. The molecule has 1 aromatic heterocycles. The van der Waals surface area contributed by atoms with Crippen LogP contribution in [0.2, 0.25) is 0 Å². The molecule has 1 aromatic carbocycles. The van der Waals surface area contributed by atoms with Crippen LogP contribution in [0.4, 0.5) is 0 Å². The summed E-state index contributed by atoms with van der Waals surface area (Å²) in [5.41, 5.74) is -0.883. The van der Waals surface area contributed by atoms with Crippen LogP contribution >= 0.6 is 0 Å². The molecule has 3 saturated heterocycles. The van der Waals surface area contributed by atoms with E-state index in [1.165, 1.54) is 6.20 Å². The molecule has 0 saturated carbocycles. The Bertz CT molecular complexity index is 2000. The van der Waals surface area contributed by atoms with Gasteiger partial charge in [-0.15, -0.1) is 0 Å². The maximum absolute atomic E-state index is 14.4. The van der Waals surface area contributed by atoms with Gasteiger partial charge in [0.05, 0.1) is 13.0 Å². The molecular weight excluding hydrogens is 788 g/mol. The van der Waals surface area contributed by atoms with E-state index in [4.69, 9.17) is 52.1 Å². The van der Waals surface area contributed by atoms with E-state index in [2.05, 4.69) is 4.98 Å². The molecule has 3 fully saturated rings. The topological polar surface area (TPSA) is 259 Å². The van der Waals surface area contributed by atoms with Gasteiger partial charge in [0.1, 0.15) is 43.7 Å². The molecule has 10 atom stereocenters. The van der Waals surface area contributed by atoms with Crippen LogP contribution in [0, 0.1) is 0 Å². The second-order valence-corrected chi connectivity index (χ2v) is 14.3. The number of aromatic amines is 1. The molecule has 5 rings (SSSR count). The number of rotatable bonds is 16. The first-order valence-electron chi connectivity index (χ1n) is 18.4. The Hall–Kier alpha value is -5.48. The Labute approximate surface area is 336 Å². The van der Waals surface area contributed by atoms with Gasteiger partial charge in [0.15, 0.2) is 30.3 Å². The molecule has 3 aliphatic rings. The van der Waals surface area contributed by atoms with Gasteiger partial charge < -0.3 is 52.1 Å². The lowest BCUT2D eigenvalue weighted by Gasteiger charge is -2.36.